The third-order valence-electron chi connectivity index (χ3n) is 2.75. The molecule has 0 saturated carbocycles. The van der Waals surface area contributed by atoms with E-state index < -0.39 is 0 Å². The number of allylic oxidation sites excluding steroid dienone is 2. The van der Waals surface area contributed by atoms with E-state index in [1.54, 1.807) is 18.3 Å². The molecule has 1 aliphatic rings. The molecule has 0 fully saturated rings. The summed E-state index contributed by atoms with van der Waals surface area (Å²) in [6, 6.07) is 13.0. The summed E-state index contributed by atoms with van der Waals surface area (Å²) in [6.07, 6.45) is 3.00. The molecule has 92 valence electrons. The number of carbonyl (C=O) groups excluding carboxylic acids is 2. The van der Waals surface area contributed by atoms with Crippen molar-refractivity contribution < 1.29 is 9.59 Å². The number of hydrogen-bond donors (Lipinski definition) is 0. The molecule has 1 aliphatic carbocycles. The van der Waals surface area contributed by atoms with Crippen LogP contribution in [0, 0.1) is 0 Å². The van der Waals surface area contributed by atoms with Gasteiger partial charge in [-0.1, -0.05) is 0 Å². The summed E-state index contributed by atoms with van der Waals surface area (Å²) < 4.78 is 1.64. The van der Waals surface area contributed by atoms with Gasteiger partial charge in [0.25, 0.3) is 0 Å². The molecular formula is C15H9NO2Se. The standard InChI is InChI=1S/C15H9NO2Se/c17-12-9-13(19-10-5-2-1-3-6-10)15(18)14-11(12)7-4-8-16-14/h1-9H. The van der Waals surface area contributed by atoms with Crippen LogP contribution in [0.1, 0.15) is 20.8 Å². The molecule has 2 aromatic rings. The molecule has 0 saturated heterocycles. The first kappa shape index (κ1) is 12.0. The van der Waals surface area contributed by atoms with Crippen LogP contribution in [0.4, 0.5) is 0 Å². The van der Waals surface area contributed by atoms with Crippen molar-refractivity contribution in [1.82, 2.24) is 4.98 Å². The van der Waals surface area contributed by atoms with Gasteiger partial charge in [-0.3, -0.25) is 0 Å². The molecule has 0 spiro atoms. The van der Waals surface area contributed by atoms with Crippen molar-refractivity contribution in [2.75, 3.05) is 0 Å². The number of fused-ring (bicyclic) bond motifs is 1. The summed E-state index contributed by atoms with van der Waals surface area (Å²) in [6.45, 7) is 0. The Kier molecular flexibility index (Phi) is 3.11. The molecule has 4 heteroatoms. The van der Waals surface area contributed by atoms with E-state index in [1.807, 2.05) is 30.3 Å². The summed E-state index contributed by atoms with van der Waals surface area (Å²) in [7, 11) is 0. The Balaban J connectivity index is 1.97. The van der Waals surface area contributed by atoms with E-state index >= 15 is 0 Å². The van der Waals surface area contributed by atoms with Gasteiger partial charge in [-0.05, 0) is 0 Å². The number of ketones is 2. The molecular weight excluding hydrogens is 305 g/mol. The Morgan fingerprint density at radius 2 is 1.74 bits per heavy atom. The topological polar surface area (TPSA) is 47.0 Å². The van der Waals surface area contributed by atoms with E-state index in [0.717, 1.165) is 4.46 Å². The molecule has 3 rings (SSSR count). The number of benzene rings is 1. The molecule has 0 unspecified atom stereocenters. The van der Waals surface area contributed by atoms with Crippen molar-refractivity contribution in [3.8, 4) is 0 Å². The zero-order chi connectivity index (χ0) is 13.2. The Morgan fingerprint density at radius 1 is 0.947 bits per heavy atom. The van der Waals surface area contributed by atoms with E-state index in [2.05, 4.69) is 4.98 Å². The van der Waals surface area contributed by atoms with E-state index in [1.165, 1.54) is 6.08 Å². The van der Waals surface area contributed by atoms with Gasteiger partial charge in [-0.2, -0.15) is 0 Å². The number of rotatable bonds is 2. The van der Waals surface area contributed by atoms with E-state index in [-0.39, 0.29) is 32.2 Å². The quantitative estimate of drug-likeness (QED) is 0.787. The Labute approximate surface area is 116 Å². The van der Waals surface area contributed by atoms with Gasteiger partial charge in [0, 0.05) is 0 Å². The van der Waals surface area contributed by atoms with Crippen LogP contribution in [0.2, 0.25) is 0 Å². The first-order valence-corrected chi connectivity index (χ1v) is 7.45. The summed E-state index contributed by atoms with van der Waals surface area (Å²) in [5.74, 6) is -0.255. The van der Waals surface area contributed by atoms with Crippen LogP contribution in [-0.4, -0.2) is 31.5 Å². The van der Waals surface area contributed by atoms with Gasteiger partial charge in [0.1, 0.15) is 0 Å². The van der Waals surface area contributed by atoms with Crippen LogP contribution in [0.3, 0.4) is 0 Å². The zero-order valence-corrected chi connectivity index (χ0v) is 11.6. The predicted molar refractivity (Wildman–Crippen MR) is 72.8 cm³/mol. The fourth-order valence-corrected chi connectivity index (χ4v) is 3.75. The molecule has 0 N–H and O–H groups in total. The zero-order valence-electron chi connectivity index (χ0n) is 9.87. The second kappa shape index (κ2) is 4.92. The van der Waals surface area contributed by atoms with Gasteiger partial charge in [-0.25, -0.2) is 0 Å². The van der Waals surface area contributed by atoms with Gasteiger partial charge < -0.3 is 0 Å². The van der Waals surface area contributed by atoms with Crippen molar-refractivity contribution >= 4 is 31.0 Å². The van der Waals surface area contributed by atoms with Crippen LogP contribution in [0.15, 0.2) is 59.2 Å². The molecule has 1 aromatic heterocycles. The van der Waals surface area contributed by atoms with Gasteiger partial charge in [-0.15, -0.1) is 0 Å². The van der Waals surface area contributed by atoms with E-state index in [9.17, 15) is 9.59 Å². The maximum absolute atomic E-state index is 12.3. The van der Waals surface area contributed by atoms with E-state index in [0.29, 0.717) is 10.0 Å². The fraction of sp³-hybridized carbons (Fsp3) is 0. The molecule has 0 aliphatic heterocycles. The normalized spacial score (nSPS) is 14.0. The number of nitrogens with zero attached hydrogens (tertiary/aromatic N) is 1. The monoisotopic (exact) mass is 315 g/mol. The average molecular weight is 314 g/mol. The molecule has 1 aromatic carbocycles. The van der Waals surface area contributed by atoms with Gasteiger partial charge in [0.15, 0.2) is 0 Å². The van der Waals surface area contributed by atoms with Crippen LogP contribution >= 0.6 is 0 Å². The summed E-state index contributed by atoms with van der Waals surface area (Å²) in [4.78, 5) is 28.3. The summed E-state index contributed by atoms with van der Waals surface area (Å²) >= 11 is -0.163. The Hall–Kier alpha value is -2.03. The third-order valence-corrected chi connectivity index (χ3v) is 4.91. The molecule has 0 amide bonds. The SMILES string of the molecule is O=C1C=C([Se]c2ccccc2)C(=O)c2ncccc21. The maximum atomic E-state index is 12.3. The Morgan fingerprint density at radius 3 is 2.53 bits per heavy atom. The first-order chi connectivity index (χ1) is 9.25. The second-order valence-corrected chi connectivity index (χ2v) is 6.36. The van der Waals surface area contributed by atoms with Crippen molar-refractivity contribution in [2.24, 2.45) is 0 Å². The summed E-state index contributed by atoms with van der Waals surface area (Å²) in [5, 5.41) is 0. The molecule has 19 heavy (non-hydrogen) atoms. The molecule has 1 heterocycles. The predicted octanol–water partition coefficient (Wildman–Crippen LogP) is 1.37. The van der Waals surface area contributed by atoms with Gasteiger partial charge in [0.2, 0.25) is 0 Å². The van der Waals surface area contributed by atoms with Crippen molar-refractivity contribution in [2.45, 2.75) is 0 Å². The van der Waals surface area contributed by atoms with Crippen LogP contribution < -0.4 is 4.46 Å². The van der Waals surface area contributed by atoms with Crippen molar-refractivity contribution in [1.29, 1.82) is 0 Å². The van der Waals surface area contributed by atoms with E-state index in [4.69, 9.17) is 0 Å². The van der Waals surface area contributed by atoms with Crippen molar-refractivity contribution in [3.63, 3.8) is 0 Å². The van der Waals surface area contributed by atoms with Crippen molar-refractivity contribution in [3.05, 3.63) is 70.5 Å². The Bertz CT molecular complexity index is 692. The number of Topliss-reactive ketones (excluding diaryl/α,β-unsaturated/α-hetero) is 1. The molecule has 0 bridgehead atoms. The molecule has 0 radical (unpaired) electrons. The fourth-order valence-electron chi connectivity index (χ4n) is 1.86. The number of carbonyl (C=O) groups is 2. The third kappa shape index (κ3) is 2.28. The van der Waals surface area contributed by atoms with Gasteiger partial charge >= 0.3 is 116 Å². The van der Waals surface area contributed by atoms with Crippen LogP contribution in [-0.2, 0) is 0 Å². The average Bonchev–Trinajstić information content (AvgIpc) is 2.46. The number of aromatic nitrogens is 1. The molecule has 0 atom stereocenters. The minimum absolute atomic E-state index is 0.126. The second-order valence-electron chi connectivity index (χ2n) is 4.02. The van der Waals surface area contributed by atoms with Crippen LogP contribution in [0.5, 0.6) is 0 Å². The van der Waals surface area contributed by atoms with Crippen LogP contribution in [0.25, 0.3) is 0 Å². The number of hydrogen-bond acceptors (Lipinski definition) is 3. The minimum atomic E-state index is -0.163. The number of pyridine rings is 1. The molecule has 3 nitrogen and oxygen atoms in total. The first-order valence-electron chi connectivity index (χ1n) is 5.74. The van der Waals surface area contributed by atoms with Gasteiger partial charge in [0.05, 0.1) is 0 Å². The summed E-state index contributed by atoms with van der Waals surface area (Å²) in [5.41, 5.74) is 0.683.